The summed E-state index contributed by atoms with van der Waals surface area (Å²) >= 11 is 0. The molecule has 1 aliphatic carbocycles. The minimum atomic E-state index is 0.0237. The minimum Gasteiger partial charge on any atom is -0.339 e. The first-order valence-corrected chi connectivity index (χ1v) is 7.49. The molecule has 0 atom stereocenters. The summed E-state index contributed by atoms with van der Waals surface area (Å²) in [4.78, 5) is 4.74. The molecule has 1 aromatic carbocycles. The van der Waals surface area contributed by atoms with Crippen LogP contribution in [0.25, 0.3) is 0 Å². The van der Waals surface area contributed by atoms with Gasteiger partial charge in [-0.25, -0.2) is 0 Å². The van der Waals surface area contributed by atoms with Crippen LogP contribution in [0, 0.1) is 0 Å². The maximum Gasteiger partial charge on any atom is 0.229 e. The van der Waals surface area contributed by atoms with Gasteiger partial charge in [-0.05, 0) is 44.3 Å². The summed E-state index contributed by atoms with van der Waals surface area (Å²) in [5, 5.41) is 7.67. The largest absolute Gasteiger partial charge is 0.339 e. The molecule has 2 fully saturated rings. The van der Waals surface area contributed by atoms with E-state index in [1.807, 2.05) is 0 Å². The Bertz CT molecular complexity index is 583. The first-order valence-electron chi connectivity index (χ1n) is 7.49. The lowest BCUT2D eigenvalue weighted by atomic mass is 9.95. The highest BCUT2D eigenvalue weighted by Crippen LogP contribution is 2.52. The predicted molar refractivity (Wildman–Crippen MR) is 75.6 cm³/mol. The summed E-state index contributed by atoms with van der Waals surface area (Å²) in [6.07, 6.45) is 4.45. The lowest BCUT2D eigenvalue weighted by Gasteiger charge is -2.18. The Hall–Kier alpha value is -1.68. The zero-order chi connectivity index (χ0) is 13.4. The van der Waals surface area contributed by atoms with E-state index in [0.717, 1.165) is 50.5 Å². The Morgan fingerprint density at radius 3 is 2.55 bits per heavy atom. The zero-order valence-electron chi connectivity index (χ0n) is 11.5. The van der Waals surface area contributed by atoms with Gasteiger partial charge in [0.2, 0.25) is 5.89 Å². The molecule has 2 aliphatic rings. The molecule has 0 amide bonds. The van der Waals surface area contributed by atoms with Crippen molar-refractivity contribution in [2.24, 2.45) is 0 Å². The van der Waals surface area contributed by atoms with Gasteiger partial charge in [0.1, 0.15) is 0 Å². The van der Waals surface area contributed by atoms with Crippen molar-refractivity contribution in [1.82, 2.24) is 15.5 Å². The highest BCUT2D eigenvalue weighted by Gasteiger charge is 2.50. The smallest absolute Gasteiger partial charge is 0.229 e. The first kappa shape index (κ1) is 12.1. The van der Waals surface area contributed by atoms with Gasteiger partial charge in [-0.2, -0.15) is 4.98 Å². The number of aromatic nitrogens is 2. The maximum atomic E-state index is 5.56. The first-order chi connectivity index (χ1) is 9.88. The molecule has 1 saturated carbocycles. The third kappa shape index (κ3) is 1.95. The van der Waals surface area contributed by atoms with Crippen LogP contribution in [0.4, 0.5) is 0 Å². The predicted octanol–water partition coefficient (Wildman–Crippen LogP) is 2.62. The molecule has 0 spiro atoms. The second-order valence-electron chi connectivity index (χ2n) is 5.93. The average molecular weight is 269 g/mol. The van der Waals surface area contributed by atoms with E-state index in [4.69, 9.17) is 9.51 Å². The fraction of sp³-hybridized carbons (Fsp3) is 0.500. The number of rotatable bonds is 3. The van der Waals surface area contributed by atoms with Crippen molar-refractivity contribution < 1.29 is 4.52 Å². The Morgan fingerprint density at radius 2 is 1.85 bits per heavy atom. The van der Waals surface area contributed by atoms with Crippen LogP contribution >= 0.6 is 0 Å². The lowest BCUT2D eigenvalue weighted by molar-refractivity contribution is 0.317. The third-order valence-electron chi connectivity index (χ3n) is 4.63. The Kier molecular flexibility index (Phi) is 2.84. The number of hydrogen-bond acceptors (Lipinski definition) is 4. The standard InChI is InChI=1S/C16H19N3O/c1-2-4-13(5-3-1)16(8-9-16)15-18-14(20-19-15)12-6-10-17-11-7-12/h1-5,12,17H,6-11H2. The molecule has 0 radical (unpaired) electrons. The van der Waals surface area contributed by atoms with Gasteiger partial charge < -0.3 is 9.84 Å². The average Bonchev–Trinajstić information content (AvgIpc) is 3.19. The van der Waals surface area contributed by atoms with Crippen molar-refractivity contribution >= 4 is 0 Å². The summed E-state index contributed by atoms with van der Waals surface area (Å²) in [5.74, 6) is 2.16. The van der Waals surface area contributed by atoms with Crippen molar-refractivity contribution in [3.63, 3.8) is 0 Å². The quantitative estimate of drug-likeness (QED) is 0.930. The lowest BCUT2D eigenvalue weighted by Crippen LogP contribution is -2.26. The van der Waals surface area contributed by atoms with Crippen molar-refractivity contribution in [2.75, 3.05) is 13.1 Å². The second kappa shape index (κ2) is 4.70. The summed E-state index contributed by atoms with van der Waals surface area (Å²) in [7, 11) is 0. The summed E-state index contributed by atoms with van der Waals surface area (Å²) in [5.41, 5.74) is 1.34. The molecular weight excluding hydrogens is 250 g/mol. The van der Waals surface area contributed by atoms with Crippen LogP contribution in [0.3, 0.4) is 0 Å². The van der Waals surface area contributed by atoms with Crippen molar-refractivity contribution in [3.05, 3.63) is 47.6 Å². The van der Waals surface area contributed by atoms with Gasteiger partial charge in [-0.3, -0.25) is 0 Å². The molecule has 4 rings (SSSR count). The van der Waals surface area contributed by atoms with Crippen LogP contribution in [0.5, 0.6) is 0 Å². The van der Waals surface area contributed by atoms with Crippen molar-refractivity contribution in [1.29, 1.82) is 0 Å². The van der Waals surface area contributed by atoms with E-state index in [2.05, 4.69) is 40.8 Å². The Balaban J connectivity index is 1.62. The molecule has 0 unspecified atom stereocenters. The highest BCUT2D eigenvalue weighted by atomic mass is 16.5. The molecule has 1 N–H and O–H groups in total. The number of benzene rings is 1. The third-order valence-corrected chi connectivity index (χ3v) is 4.63. The SMILES string of the molecule is c1ccc(C2(c3noc(C4CCNCC4)n3)CC2)cc1. The van der Waals surface area contributed by atoms with Gasteiger partial charge in [-0.15, -0.1) is 0 Å². The Morgan fingerprint density at radius 1 is 1.10 bits per heavy atom. The molecule has 1 aromatic heterocycles. The molecule has 4 heteroatoms. The van der Waals surface area contributed by atoms with Gasteiger partial charge in [-0.1, -0.05) is 35.5 Å². The topological polar surface area (TPSA) is 51.0 Å². The van der Waals surface area contributed by atoms with E-state index in [9.17, 15) is 0 Å². The molecule has 20 heavy (non-hydrogen) atoms. The Labute approximate surface area is 118 Å². The van der Waals surface area contributed by atoms with Gasteiger partial charge in [0.05, 0.1) is 5.41 Å². The van der Waals surface area contributed by atoms with E-state index in [1.165, 1.54) is 5.56 Å². The van der Waals surface area contributed by atoms with E-state index < -0.39 is 0 Å². The monoisotopic (exact) mass is 269 g/mol. The molecule has 1 aliphatic heterocycles. The summed E-state index contributed by atoms with van der Waals surface area (Å²) < 4.78 is 5.56. The van der Waals surface area contributed by atoms with Crippen LogP contribution < -0.4 is 5.32 Å². The molecule has 2 aromatic rings. The summed E-state index contributed by atoms with van der Waals surface area (Å²) in [6, 6.07) is 10.6. The van der Waals surface area contributed by atoms with Crippen LogP contribution in [0.15, 0.2) is 34.9 Å². The van der Waals surface area contributed by atoms with Crippen molar-refractivity contribution in [2.45, 2.75) is 37.0 Å². The van der Waals surface area contributed by atoms with Crippen LogP contribution in [-0.4, -0.2) is 23.2 Å². The minimum absolute atomic E-state index is 0.0237. The zero-order valence-corrected chi connectivity index (χ0v) is 11.5. The number of piperidine rings is 1. The molecule has 104 valence electrons. The van der Waals surface area contributed by atoms with Crippen LogP contribution in [0.1, 0.15) is 48.9 Å². The fourth-order valence-corrected chi connectivity index (χ4v) is 3.19. The van der Waals surface area contributed by atoms with Gasteiger partial charge in [0.15, 0.2) is 5.82 Å². The number of nitrogens with one attached hydrogen (secondary N) is 1. The molecule has 2 heterocycles. The number of hydrogen-bond donors (Lipinski definition) is 1. The van der Waals surface area contributed by atoms with Gasteiger partial charge in [0.25, 0.3) is 0 Å². The van der Waals surface area contributed by atoms with Crippen LogP contribution in [0.2, 0.25) is 0 Å². The van der Waals surface area contributed by atoms with Crippen molar-refractivity contribution in [3.8, 4) is 0 Å². The van der Waals surface area contributed by atoms with E-state index in [-0.39, 0.29) is 5.41 Å². The maximum absolute atomic E-state index is 5.56. The highest BCUT2D eigenvalue weighted by molar-refractivity contribution is 5.38. The molecule has 0 bridgehead atoms. The second-order valence-corrected chi connectivity index (χ2v) is 5.93. The van der Waals surface area contributed by atoms with E-state index >= 15 is 0 Å². The van der Waals surface area contributed by atoms with Gasteiger partial charge in [0, 0.05) is 5.92 Å². The fourth-order valence-electron chi connectivity index (χ4n) is 3.19. The number of nitrogens with zero attached hydrogens (tertiary/aromatic N) is 2. The molecular formula is C16H19N3O. The summed E-state index contributed by atoms with van der Waals surface area (Å²) in [6.45, 7) is 2.10. The van der Waals surface area contributed by atoms with Crippen LogP contribution in [-0.2, 0) is 5.41 Å². The molecule has 1 saturated heterocycles. The van der Waals surface area contributed by atoms with E-state index in [1.54, 1.807) is 0 Å². The molecule has 4 nitrogen and oxygen atoms in total. The van der Waals surface area contributed by atoms with Gasteiger partial charge >= 0.3 is 0 Å². The van der Waals surface area contributed by atoms with E-state index in [0.29, 0.717) is 5.92 Å². The normalized spacial score (nSPS) is 21.8.